The van der Waals surface area contributed by atoms with E-state index in [0.717, 1.165) is 43.3 Å². The Kier molecular flexibility index (Phi) is 10.2. The van der Waals surface area contributed by atoms with E-state index in [1.807, 2.05) is 0 Å². The average molecular weight is 409 g/mol. The molecule has 0 aromatic heterocycles. The van der Waals surface area contributed by atoms with Gasteiger partial charge in [-0.25, -0.2) is 0 Å². The van der Waals surface area contributed by atoms with Crippen LogP contribution in [0.15, 0.2) is 48.6 Å². The Morgan fingerprint density at radius 3 is 2.10 bits per heavy atom. The molecule has 0 saturated heterocycles. The SMILES string of the molecule is CC/C=C/COCc1ccc(C2CCC([C@H]3CC[C@H](/C=C/CCC)CC3)CC2)cc1. The molecule has 166 valence electrons. The predicted octanol–water partition coefficient (Wildman–Crippen LogP) is 8.61. The molecule has 0 atom stereocenters. The first-order valence-corrected chi connectivity index (χ1v) is 12.8. The number of hydrogen-bond acceptors (Lipinski definition) is 1. The molecule has 2 aliphatic carbocycles. The molecule has 0 aliphatic heterocycles. The fourth-order valence-electron chi connectivity index (χ4n) is 5.55. The highest BCUT2D eigenvalue weighted by Gasteiger charge is 2.30. The van der Waals surface area contributed by atoms with Crippen LogP contribution in [0.3, 0.4) is 0 Å². The lowest BCUT2D eigenvalue weighted by Gasteiger charge is -2.37. The van der Waals surface area contributed by atoms with E-state index in [9.17, 15) is 0 Å². The average Bonchev–Trinajstić information content (AvgIpc) is 2.80. The number of ether oxygens (including phenoxy) is 1. The van der Waals surface area contributed by atoms with Gasteiger partial charge in [-0.3, -0.25) is 0 Å². The van der Waals surface area contributed by atoms with Gasteiger partial charge in [-0.1, -0.05) is 68.8 Å². The number of rotatable bonds is 10. The molecule has 1 nitrogen and oxygen atoms in total. The summed E-state index contributed by atoms with van der Waals surface area (Å²) >= 11 is 0. The largest absolute Gasteiger partial charge is 0.373 e. The van der Waals surface area contributed by atoms with Crippen LogP contribution in [-0.2, 0) is 11.3 Å². The van der Waals surface area contributed by atoms with Gasteiger partial charge in [0.2, 0.25) is 0 Å². The van der Waals surface area contributed by atoms with Gasteiger partial charge in [0.05, 0.1) is 13.2 Å². The van der Waals surface area contributed by atoms with Crippen molar-refractivity contribution in [2.24, 2.45) is 17.8 Å². The molecule has 0 radical (unpaired) electrons. The fraction of sp³-hybridized carbons (Fsp3) is 0.655. The summed E-state index contributed by atoms with van der Waals surface area (Å²) < 4.78 is 5.73. The first-order valence-electron chi connectivity index (χ1n) is 12.8. The van der Waals surface area contributed by atoms with Crippen molar-refractivity contribution in [3.63, 3.8) is 0 Å². The van der Waals surface area contributed by atoms with Crippen molar-refractivity contribution in [3.05, 3.63) is 59.7 Å². The minimum absolute atomic E-state index is 0.719. The van der Waals surface area contributed by atoms with Crippen molar-refractivity contribution < 1.29 is 4.74 Å². The number of unbranched alkanes of at least 4 members (excludes halogenated alkanes) is 1. The Labute approximate surface area is 186 Å². The highest BCUT2D eigenvalue weighted by Crippen LogP contribution is 2.44. The quantitative estimate of drug-likeness (QED) is 0.278. The van der Waals surface area contributed by atoms with Gasteiger partial charge in [-0.05, 0) is 99.0 Å². The summed E-state index contributed by atoms with van der Waals surface area (Å²) in [6.07, 6.45) is 24.3. The third-order valence-corrected chi connectivity index (χ3v) is 7.45. The lowest BCUT2D eigenvalue weighted by Crippen LogP contribution is -2.25. The first kappa shape index (κ1) is 23.3. The van der Waals surface area contributed by atoms with Crippen LogP contribution in [-0.4, -0.2) is 6.61 Å². The zero-order valence-electron chi connectivity index (χ0n) is 19.5. The van der Waals surface area contributed by atoms with Gasteiger partial charge in [0.15, 0.2) is 0 Å². The van der Waals surface area contributed by atoms with Gasteiger partial charge >= 0.3 is 0 Å². The summed E-state index contributed by atoms with van der Waals surface area (Å²) in [5.41, 5.74) is 2.84. The maximum Gasteiger partial charge on any atom is 0.0721 e. The molecule has 0 heterocycles. The molecule has 2 aliphatic rings. The maximum absolute atomic E-state index is 5.73. The summed E-state index contributed by atoms with van der Waals surface area (Å²) in [5, 5.41) is 0. The Hall–Kier alpha value is -1.34. The summed E-state index contributed by atoms with van der Waals surface area (Å²) in [4.78, 5) is 0. The van der Waals surface area contributed by atoms with Crippen molar-refractivity contribution in [2.45, 2.75) is 97.0 Å². The Morgan fingerprint density at radius 1 is 0.800 bits per heavy atom. The number of hydrogen-bond donors (Lipinski definition) is 0. The highest BCUT2D eigenvalue weighted by molar-refractivity contribution is 5.25. The third-order valence-electron chi connectivity index (χ3n) is 7.45. The van der Waals surface area contributed by atoms with Crippen molar-refractivity contribution >= 4 is 0 Å². The van der Waals surface area contributed by atoms with E-state index >= 15 is 0 Å². The van der Waals surface area contributed by atoms with E-state index < -0.39 is 0 Å². The molecule has 0 spiro atoms. The molecule has 2 fully saturated rings. The summed E-state index contributed by atoms with van der Waals surface area (Å²) in [6.45, 7) is 5.86. The van der Waals surface area contributed by atoms with E-state index in [4.69, 9.17) is 4.74 Å². The molecule has 0 N–H and O–H groups in total. The second-order valence-corrected chi connectivity index (χ2v) is 9.64. The third kappa shape index (κ3) is 7.41. The topological polar surface area (TPSA) is 9.23 Å². The molecule has 3 rings (SSSR count). The monoisotopic (exact) mass is 408 g/mol. The van der Waals surface area contributed by atoms with Gasteiger partial charge in [-0.2, -0.15) is 0 Å². The van der Waals surface area contributed by atoms with E-state index in [1.54, 1.807) is 5.56 Å². The standard InChI is InChI=1S/C29H44O/c1-3-5-7-9-24-10-14-26(15-11-24)28-18-20-29(21-19-28)27-16-12-25(13-17-27)23-30-22-8-6-4-2/h6-9,12-13,16-17,24,26,28-29H,3-5,10-11,14-15,18-23H2,1-2H3/b8-6+,9-7+/t24-,26-,28?,29?. The van der Waals surface area contributed by atoms with Crippen LogP contribution in [0, 0.1) is 17.8 Å². The predicted molar refractivity (Wildman–Crippen MR) is 130 cm³/mol. The van der Waals surface area contributed by atoms with Gasteiger partial charge in [0.1, 0.15) is 0 Å². The van der Waals surface area contributed by atoms with Crippen molar-refractivity contribution in [2.75, 3.05) is 6.61 Å². The molecular formula is C29H44O. The lowest BCUT2D eigenvalue weighted by molar-refractivity contribution is 0.148. The van der Waals surface area contributed by atoms with E-state index in [0.29, 0.717) is 0 Å². The summed E-state index contributed by atoms with van der Waals surface area (Å²) in [7, 11) is 0. The zero-order valence-corrected chi connectivity index (χ0v) is 19.5. The highest BCUT2D eigenvalue weighted by atomic mass is 16.5. The van der Waals surface area contributed by atoms with Crippen LogP contribution in [0.1, 0.15) is 102 Å². The van der Waals surface area contributed by atoms with Crippen LogP contribution in [0.4, 0.5) is 0 Å². The van der Waals surface area contributed by atoms with Gasteiger partial charge in [0.25, 0.3) is 0 Å². The van der Waals surface area contributed by atoms with Crippen LogP contribution in [0.25, 0.3) is 0 Å². The lowest BCUT2D eigenvalue weighted by atomic mass is 9.68. The van der Waals surface area contributed by atoms with Crippen molar-refractivity contribution in [1.82, 2.24) is 0 Å². The van der Waals surface area contributed by atoms with Gasteiger partial charge in [0, 0.05) is 0 Å². The molecule has 0 amide bonds. The minimum Gasteiger partial charge on any atom is -0.373 e. The van der Waals surface area contributed by atoms with E-state index in [2.05, 4.69) is 62.4 Å². The van der Waals surface area contributed by atoms with Crippen LogP contribution >= 0.6 is 0 Å². The van der Waals surface area contributed by atoms with Crippen molar-refractivity contribution in [1.29, 1.82) is 0 Å². The number of allylic oxidation sites excluding steroid dienone is 3. The molecule has 30 heavy (non-hydrogen) atoms. The second kappa shape index (κ2) is 13.2. The molecule has 0 unspecified atom stereocenters. The Bertz CT molecular complexity index is 625. The number of benzene rings is 1. The molecule has 0 bridgehead atoms. The molecule has 2 saturated carbocycles. The summed E-state index contributed by atoms with van der Waals surface area (Å²) in [5.74, 6) is 3.64. The normalized spacial score (nSPS) is 27.8. The van der Waals surface area contributed by atoms with E-state index in [-0.39, 0.29) is 0 Å². The zero-order chi connectivity index (χ0) is 21.0. The van der Waals surface area contributed by atoms with Crippen molar-refractivity contribution in [3.8, 4) is 0 Å². The van der Waals surface area contributed by atoms with E-state index in [1.165, 1.54) is 69.8 Å². The fourth-order valence-corrected chi connectivity index (χ4v) is 5.55. The maximum atomic E-state index is 5.73. The Balaban J connectivity index is 1.37. The second-order valence-electron chi connectivity index (χ2n) is 9.64. The molecule has 1 aromatic rings. The first-order chi connectivity index (χ1) is 14.8. The van der Waals surface area contributed by atoms with Crippen LogP contribution < -0.4 is 0 Å². The summed E-state index contributed by atoms with van der Waals surface area (Å²) in [6, 6.07) is 9.27. The minimum atomic E-state index is 0.719. The van der Waals surface area contributed by atoms with Crippen LogP contribution in [0.2, 0.25) is 0 Å². The van der Waals surface area contributed by atoms with Gasteiger partial charge in [-0.15, -0.1) is 0 Å². The molecular weight excluding hydrogens is 364 g/mol. The molecule has 1 heteroatoms. The van der Waals surface area contributed by atoms with Crippen LogP contribution in [0.5, 0.6) is 0 Å². The Morgan fingerprint density at radius 2 is 1.47 bits per heavy atom. The smallest absolute Gasteiger partial charge is 0.0721 e. The van der Waals surface area contributed by atoms with Gasteiger partial charge < -0.3 is 4.74 Å². The molecule has 1 aromatic carbocycles.